The standard InChI is InChI=1S/C27H20F2N6OS/c28-21-13-17-5-7-18(31-23(17)14-22(21)29)6-3-16-4-8-25-20(12-16)27(37-11-9-26-32-34-35-33-26)19-2-1-10-30-24(19)15-36-25/h1-8,10,12-14,27H,9,11,15H2,(H,32,33,34,35). The summed E-state index contributed by atoms with van der Waals surface area (Å²) in [6, 6.07) is 15.9. The average molecular weight is 515 g/mol. The average Bonchev–Trinajstić information content (AvgIpc) is 3.38. The van der Waals surface area contributed by atoms with E-state index in [1.54, 1.807) is 30.1 Å². The summed E-state index contributed by atoms with van der Waals surface area (Å²) in [6.45, 7) is 0.402. The smallest absolute Gasteiger partial charge is 0.161 e. The number of benzene rings is 2. The third-order valence-electron chi connectivity index (χ3n) is 6.10. The van der Waals surface area contributed by atoms with Gasteiger partial charge in [-0.05, 0) is 58.0 Å². The van der Waals surface area contributed by atoms with Crippen LogP contribution in [0.1, 0.15) is 39.2 Å². The number of ether oxygens (including phenoxy) is 1. The van der Waals surface area contributed by atoms with E-state index in [1.807, 2.05) is 30.4 Å². The molecule has 1 N–H and O–H groups in total. The Kier molecular flexibility index (Phi) is 6.32. The summed E-state index contributed by atoms with van der Waals surface area (Å²) in [7, 11) is 0. The number of pyridine rings is 2. The van der Waals surface area contributed by atoms with E-state index in [9.17, 15) is 8.78 Å². The Morgan fingerprint density at radius 1 is 1.03 bits per heavy atom. The maximum atomic E-state index is 13.7. The van der Waals surface area contributed by atoms with Crippen LogP contribution in [0.15, 0.2) is 60.8 Å². The van der Waals surface area contributed by atoms with Gasteiger partial charge in [0.1, 0.15) is 18.2 Å². The van der Waals surface area contributed by atoms with E-state index in [-0.39, 0.29) is 5.25 Å². The first-order valence-electron chi connectivity index (χ1n) is 11.6. The second-order valence-corrected chi connectivity index (χ2v) is 9.72. The molecule has 0 aliphatic carbocycles. The summed E-state index contributed by atoms with van der Waals surface area (Å²) in [4.78, 5) is 9.01. The zero-order valence-corrected chi connectivity index (χ0v) is 20.3. The number of hydrogen-bond donors (Lipinski definition) is 1. The molecular formula is C27H20F2N6OS. The molecular weight excluding hydrogens is 494 g/mol. The zero-order valence-electron chi connectivity index (χ0n) is 19.4. The SMILES string of the molecule is Fc1cc2ccc(C=Cc3ccc4c(c3)C(SCCc3nnn[nH]3)c3cccnc3CO4)nc2cc1F. The maximum Gasteiger partial charge on any atom is 0.161 e. The van der Waals surface area contributed by atoms with Crippen LogP contribution in [0.5, 0.6) is 5.75 Å². The van der Waals surface area contributed by atoms with Gasteiger partial charge in [0.25, 0.3) is 0 Å². The molecule has 6 rings (SSSR count). The quantitative estimate of drug-likeness (QED) is 0.318. The number of H-pyrrole nitrogens is 1. The monoisotopic (exact) mass is 514 g/mol. The fourth-order valence-corrected chi connectivity index (χ4v) is 5.58. The molecule has 7 nitrogen and oxygen atoms in total. The van der Waals surface area contributed by atoms with Crippen molar-refractivity contribution in [2.45, 2.75) is 18.3 Å². The van der Waals surface area contributed by atoms with Crippen LogP contribution < -0.4 is 4.74 Å². The molecule has 37 heavy (non-hydrogen) atoms. The topological polar surface area (TPSA) is 89.5 Å². The summed E-state index contributed by atoms with van der Waals surface area (Å²) in [5.74, 6) is 0.561. The summed E-state index contributed by atoms with van der Waals surface area (Å²) in [5.41, 5.74) is 5.10. The predicted octanol–water partition coefficient (Wildman–Crippen LogP) is 5.55. The van der Waals surface area contributed by atoms with Crippen LogP contribution in [0.2, 0.25) is 0 Å². The molecule has 0 amide bonds. The molecule has 3 aromatic heterocycles. The van der Waals surface area contributed by atoms with E-state index < -0.39 is 11.6 Å². The van der Waals surface area contributed by atoms with Gasteiger partial charge in [0.15, 0.2) is 11.6 Å². The third-order valence-corrected chi connectivity index (χ3v) is 7.38. The van der Waals surface area contributed by atoms with Crippen LogP contribution in [0.25, 0.3) is 23.1 Å². The number of halogens is 2. The number of aryl methyl sites for hydroxylation is 1. The normalized spacial score (nSPS) is 14.8. The first-order chi connectivity index (χ1) is 18.1. The lowest BCUT2D eigenvalue weighted by atomic mass is 10.0. The molecule has 0 bridgehead atoms. The largest absolute Gasteiger partial charge is 0.487 e. The highest BCUT2D eigenvalue weighted by molar-refractivity contribution is 7.99. The molecule has 0 saturated heterocycles. The molecule has 1 aliphatic heterocycles. The Hall–Kier alpha value is -4.18. The summed E-state index contributed by atoms with van der Waals surface area (Å²) >= 11 is 1.78. The van der Waals surface area contributed by atoms with Crippen molar-refractivity contribution in [1.82, 2.24) is 30.6 Å². The Bertz CT molecular complexity index is 1610. The summed E-state index contributed by atoms with van der Waals surface area (Å²) in [6.07, 6.45) is 6.29. The highest BCUT2D eigenvalue weighted by Crippen LogP contribution is 2.44. The molecule has 0 fully saturated rings. The number of fused-ring (bicyclic) bond motifs is 3. The Morgan fingerprint density at radius 2 is 1.95 bits per heavy atom. The van der Waals surface area contributed by atoms with Gasteiger partial charge in [-0.2, -0.15) is 0 Å². The number of hydrogen-bond acceptors (Lipinski definition) is 7. The van der Waals surface area contributed by atoms with Crippen LogP contribution in [-0.2, 0) is 13.0 Å². The number of tetrazole rings is 1. The van der Waals surface area contributed by atoms with Crippen molar-refractivity contribution in [1.29, 1.82) is 0 Å². The van der Waals surface area contributed by atoms with E-state index in [2.05, 4.69) is 42.7 Å². The lowest BCUT2D eigenvalue weighted by Crippen LogP contribution is -2.03. The maximum absolute atomic E-state index is 13.7. The second-order valence-electron chi connectivity index (χ2n) is 8.50. The van der Waals surface area contributed by atoms with E-state index >= 15 is 0 Å². The van der Waals surface area contributed by atoms with Crippen LogP contribution in [0, 0.1) is 11.6 Å². The van der Waals surface area contributed by atoms with Crippen molar-refractivity contribution < 1.29 is 13.5 Å². The zero-order chi connectivity index (χ0) is 25.2. The molecule has 0 radical (unpaired) electrons. The molecule has 2 aromatic carbocycles. The molecule has 1 atom stereocenters. The molecule has 1 unspecified atom stereocenters. The van der Waals surface area contributed by atoms with Crippen LogP contribution in [0.4, 0.5) is 8.78 Å². The van der Waals surface area contributed by atoms with Crippen molar-refractivity contribution in [2.24, 2.45) is 0 Å². The number of aromatic nitrogens is 6. The molecule has 4 heterocycles. The molecule has 184 valence electrons. The molecule has 10 heteroatoms. The second kappa shape index (κ2) is 10.1. The van der Waals surface area contributed by atoms with Gasteiger partial charge in [-0.3, -0.25) is 4.98 Å². The minimum Gasteiger partial charge on any atom is -0.487 e. The highest BCUT2D eigenvalue weighted by Gasteiger charge is 2.26. The van der Waals surface area contributed by atoms with Crippen LogP contribution >= 0.6 is 11.8 Å². The van der Waals surface area contributed by atoms with E-state index in [4.69, 9.17) is 4.74 Å². The van der Waals surface area contributed by atoms with Crippen molar-refractivity contribution in [3.8, 4) is 5.75 Å². The van der Waals surface area contributed by atoms with Crippen molar-refractivity contribution in [3.63, 3.8) is 0 Å². The highest BCUT2D eigenvalue weighted by atomic mass is 32.2. The molecule has 5 aromatic rings. The fourth-order valence-electron chi connectivity index (χ4n) is 4.28. The number of aromatic amines is 1. The number of rotatable bonds is 6. The first-order valence-corrected chi connectivity index (χ1v) is 12.7. The fraction of sp³-hybridized carbons (Fsp3) is 0.148. The number of nitrogens with one attached hydrogen (secondary N) is 1. The summed E-state index contributed by atoms with van der Waals surface area (Å²) in [5, 5.41) is 14.6. The minimum absolute atomic E-state index is 0.0158. The van der Waals surface area contributed by atoms with Gasteiger partial charge in [0.05, 0.1) is 22.2 Å². The first kappa shape index (κ1) is 23.2. The minimum atomic E-state index is -0.912. The number of thioether (sulfide) groups is 1. The Morgan fingerprint density at radius 3 is 2.84 bits per heavy atom. The van der Waals surface area contributed by atoms with Gasteiger partial charge in [-0.1, -0.05) is 24.3 Å². The molecule has 0 spiro atoms. The lowest BCUT2D eigenvalue weighted by molar-refractivity contribution is 0.302. The van der Waals surface area contributed by atoms with Crippen molar-refractivity contribution in [3.05, 3.63) is 106 Å². The van der Waals surface area contributed by atoms with Crippen molar-refractivity contribution in [2.75, 3.05) is 5.75 Å². The van der Waals surface area contributed by atoms with E-state index in [1.165, 1.54) is 0 Å². The Balaban J connectivity index is 1.30. The van der Waals surface area contributed by atoms with Gasteiger partial charge in [-0.15, -0.1) is 16.9 Å². The van der Waals surface area contributed by atoms with Gasteiger partial charge in [-0.25, -0.2) is 18.9 Å². The molecule has 0 saturated carbocycles. The predicted molar refractivity (Wildman–Crippen MR) is 138 cm³/mol. The van der Waals surface area contributed by atoms with Crippen LogP contribution in [0.3, 0.4) is 0 Å². The van der Waals surface area contributed by atoms with Crippen molar-refractivity contribution >= 4 is 34.8 Å². The van der Waals surface area contributed by atoms with E-state index in [0.29, 0.717) is 29.6 Å². The van der Waals surface area contributed by atoms with Gasteiger partial charge in [0, 0.05) is 35.4 Å². The van der Waals surface area contributed by atoms with Crippen LogP contribution in [-0.4, -0.2) is 36.3 Å². The number of nitrogens with zero attached hydrogens (tertiary/aromatic N) is 5. The van der Waals surface area contributed by atoms with E-state index in [0.717, 1.165) is 51.8 Å². The molecule has 1 aliphatic rings. The van der Waals surface area contributed by atoms with Gasteiger partial charge >= 0.3 is 0 Å². The Labute approximate surface area is 215 Å². The summed E-state index contributed by atoms with van der Waals surface area (Å²) < 4.78 is 33.3. The lowest BCUT2D eigenvalue weighted by Gasteiger charge is -2.18. The van der Waals surface area contributed by atoms with Gasteiger partial charge in [0.2, 0.25) is 0 Å². The third kappa shape index (κ3) is 4.92. The van der Waals surface area contributed by atoms with Gasteiger partial charge < -0.3 is 4.74 Å².